The molecule has 32 heavy (non-hydrogen) atoms. The number of aryl methyl sites for hydroxylation is 1. The van der Waals surface area contributed by atoms with Crippen LogP contribution >= 0.6 is 0 Å². The number of hydrogen-bond donors (Lipinski definition) is 1. The third-order valence-corrected chi connectivity index (χ3v) is 5.51. The van der Waals surface area contributed by atoms with Crippen LogP contribution in [0, 0.1) is 6.92 Å². The molecule has 0 fully saturated rings. The maximum Gasteiger partial charge on any atom is 0.261 e. The highest BCUT2D eigenvalue weighted by atomic mass is 16.5. The summed E-state index contributed by atoms with van der Waals surface area (Å²) < 4.78 is 5.95. The van der Waals surface area contributed by atoms with Gasteiger partial charge in [0, 0.05) is 18.5 Å². The van der Waals surface area contributed by atoms with Crippen molar-refractivity contribution in [1.82, 2.24) is 10.2 Å². The minimum atomic E-state index is -0.550. The van der Waals surface area contributed by atoms with Crippen LogP contribution in [0.3, 0.4) is 0 Å². The molecular weight excluding hydrogens is 400 g/mol. The van der Waals surface area contributed by atoms with Crippen molar-refractivity contribution in [2.24, 2.45) is 0 Å². The lowest BCUT2D eigenvalue weighted by molar-refractivity contribution is -0.142. The predicted molar refractivity (Wildman–Crippen MR) is 129 cm³/mol. The lowest BCUT2D eigenvalue weighted by Gasteiger charge is -2.30. The van der Waals surface area contributed by atoms with E-state index in [1.807, 2.05) is 87.5 Å². The van der Waals surface area contributed by atoms with E-state index in [0.29, 0.717) is 25.3 Å². The Morgan fingerprint density at radius 1 is 0.969 bits per heavy atom. The predicted octanol–water partition coefficient (Wildman–Crippen LogP) is 4.86. The maximum atomic E-state index is 13.3. The van der Waals surface area contributed by atoms with Gasteiger partial charge in [-0.15, -0.1) is 0 Å². The molecule has 0 saturated heterocycles. The molecule has 0 bridgehead atoms. The van der Waals surface area contributed by atoms with Crippen molar-refractivity contribution in [1.29, 1.82) is 0 Å². The van der Waals surface area contributed by atoms with Crippen molar-refractivity contribution in [3.8, 4) is 5.75 Å². The van der Waals surface area contributed by atoms with Gasteiger partial charge in [-0.25, -0.2) is 0 Å². The monoisotopic (exact) mass is 432 g/mol. The number of hydrogen-bond acceptors (Lipinski definition) is 3. The molecule has 0 aliphatic carbocycles. The molecule has 5 nitrogen and oxygen atoms in total. The summed E-state index contributed by atoms with van der Waals surface area (Å²) in [6.45, 7) is 6.78. The van der Waals surface area contributed by atoms with Crippen LogP contribution in [0.5, 0.6) is 5.75 Å². The van der Waals surface area contributed by atoms with Crippen LogP contribution in [0.2, 0.25) is 0 Å². The van der Waals surface area contributed by atoms with Gasteiger partial charge in [0.05, 0.1) is 0 Å². The topological polar surface area (TPSA) is 58.6 Å². The van der Waals surface area contributed by atoms with Crippen LogP contribution in [-0.2, 0) is 16.1 Å². The molecular formula is C27H32N2O3. The molecule has 0 heterocycles. The van der Waals surface area contributed by atoms with Crippen molar-refractivity contribution >= 4 is 22.6 Å². The van der Waals surface area contributed by atoms with E-state index in [1.165, 1.54) is 0 Å². The largest absolute Gasteiger partial charge is 0.483 e. The number of ether oxygens (including phenoxy) is 1. The van der Waals surface area contributed by atoms with E-state index in [2.05, 4.69) is 5.32 Å². The molecule has 168 valence electrons. The van der Waals surface area contributed by atoms with Gasteiger partial charge in [-0.1, -0.05) is 80.1 Å². The second-order valence-electron chi connectivity index (χ2n) is 7.99. The Hall–Kier alpha value is -3.34. The Morgan fingerprint density at radius 2 is 1.69 bits per heavy atom. The van der Waals surface area contributed by atoms with Crippen molar-refractivity contribution in [2.45, 2.75) is 46.2 Å². The number of rotatable bonds is 10. The lowest BCUT2D eigenvalue weighted by Crippen LogP contribution is -2.50. The molecule has 0 saturated carbocycles. The molecule has 0 aromatic heterocycles. The highest BCUT2D eigenvalue weighted by Gasteiger charge is 2.28. The maximum absolute atomic E-state index is 13.3. The molecule has 0 radical (unpaired) electrons. The number of nitrogens with one attached hydrogen (secondary N) is 1. The lowest BCUT2D eigenvalue weighted by atomic mass is 10.1. The first-order valence-corrected chi connectivity index (χ1v) is 11.3. The fraction of sp³-hybridized carbons (Fsp3) is 0.333. The van der Waals surface area contributed by atoms with Gasteiger partial charge >= 0.3 is 0 Å². The molecule has 0 aliphatic heterocycles. The van der Waals surface area contributed by atoms with E-state index in [1.54, 1.807) is 4.90 Å². The van der Waals surface area contributed by atoms with Crippen molar-refractivity contribution in [2.75, 3.05) is 13.2 Å². The Morgan fingerprint density at radius 3 is 2.41 bits per heavy atom. The van der Waals surface area contributed by atoms with Gasteiger partial charge in [0.25, 0.3) is 5.91 Å². The van der Waals surface area contributed by atoms with Crippen LogP contribution in [-0.4, -0.2) is 35.9 Å². The van der Waals surface area contributed by atoms with E-state index in [-0.39, 0.29) is 18.4 Å². The summed E-state index contributed by atoms with van der Waals surface area (Å²) >= 11 is 0. The number of carbonyl (C=O) groups is 2. The summed E-state index contributed by atoms with van der Waals surface area (Å²) in [5, 5.41) is 4.95. The van der Waals surface area contributed by atoms with Crippen molar-refractivity contribution in [3.63, 3.8) is 0 Å². The smallest absolute Gasteiger partial charge is 0.261 e. The normalized spacial score (nSPS) is 11.7. The van der Waals surface area contributed by atoms with Gasteiger partial charge in [-0.2, -0.15) is 0 Å². The van der Waals surface area contributed by atoms with Crippen molar-refractivity contribution < 1.29 is 14.3 Å². The van der Waals surface area contributed by atoms with Crippen LogP contribution in [0.15, 0.2) is 66.7 Å². The Balaban J connectivity index is 1.81. The van der Waals surface area contributed by atoms with Crippen molar-refractivity contribution in [3.05, 3.63) is 77.9 Å². The fourth-order valence-electron chi connectivity index (χ4n) is 3.72. The summed E-state index contributed by atoms with van der Waals surface area (Å²) in [5.74, 6) is 0.326. The number of nitrogens with zero attached hydrogens (tertiary/aromatic N) is 1. The molecule has 3 rings (SSSR count). The Kier molecular flexibility index (Phi) is 8.26. The zero-order valence-electron chi connectivity index (χ0n) is 19.1. The standard InChI is InChI=1S/C27H32N2O3/c1-4-17-28-27(31)24(5-2)29(18-21-15-13-20(3)14-16-21)26(30)19-32-25-12-8-10-22-9-6-7-11-23(22)25/h6-16,24H,4-5,17-19H2,1-3H3,(H,28,31)/t24-/m0/s1. The average Bonchev–Trinajstić information content (AvgIpc) is 2.82. The van der Waals surface area contributed by atoms with Gasteiger partial charge in [0.1, 0.15) is 11.8 Å². The van der Waals surface area contributed by atoms with Crippen LogP contribution in [0.4, 0.5) is 0 Å². The first-order chi connectivity index (χ1) is 15.5. The molecule has 1 N–H and O–H groups in total. The molecule has 2 amide bonds. The van der Waals surface area contributed by atoms with Crippen LogP contribution in [0.25, 0.3) is 10.8 Å². The van der Waals surface area contributed by atoms with Crippen LogP contribution in [0.1, 0.15) is 37.8 Å². The van der Waals surface area contributed by atoms with E-state index in [0.717, 1.165) is 28.3 Å². The molecule has 3 aromatic rings. The van der Waals surface area contributed by atoms with Gasteiger partial charge in [0.2, 0.25) is 5.91 Å². The second kappa shape index (κ2) is 11.3. The minimum absolute atomic E-state index is 0.125. The molecule has 0 unspecified atom stereocenters. The third kappa shape index (κ3) is 5.88. The van der Waals surface area contributed by atoms with Gasteiger partial charge in [-0.3, -0.25) is 9.59 Å². The Bertz CT molecular complexity index is 1040. The number of amides is 2. The van der Waals surface area contributed by atoms with E-state index >= 15 is 0 Å². The SMILES string of the molecule is CCCNC(=O)[C@H](CC)N(Cc1ccc(C)cc1)C(=O)COc1cccc2ccccc12. The second-order valence-corrected chi connectivity index (χ2v) is 7.99. The third-order valence-electron chi connectivity index (χ3n) is 5.51. The highest BCUT2D eigenvalue weighted by Crippen LogP contribution is 2.25. The fourth-order valence-corrected chi connectivity index (χ4v) is 3.72. The van der Waals surface area contributed by atoms with E-state index < -0.39 is 6.04 Å². The number of carbonyl (C=O) groups excluding carboxylic acids is 2. The zero-order valence-corrected chi connectivity index (χ0v) is 19.1. The summed E-state index contributed by atoms with van der Waals surface area (Å²) in [6, 6.07) is 21.2. The summed E-state index contributed by atoms with van der Waals surface area (Å²) in [5.41, 5.74) is 2.13. The van der Waals surface area contributed by atoms with E-state index in [9.17, 15) is 9.59 Å². The molecule has 1 atom stereocenters. The van der Waals surface area contributed by atoms with E-state index in [4.69, 9.17) is 4.74 Å². The highest BCUT2D eigenvalue weighted by molar-refractivity contribution is 5.90. The van der Waals surface area contributed by atoms with Gasteiger partial charge in [-0.05, 0) is 36.8 Å². The van der Waals surface area contributed by atoms with Gasteiger partial charge < -0.3 is 15.0 Å². The quantitative estimate of drug-likeness (QED) is 0.498. The molecule has 0 spiro atoms. The molecule has 5 heteroatoms. The average molecular weight is 433 g/mol. The van der Waals surface area contributed by atoms with Gasteiger partial charge in [0.15, 0.2) is 6.61 Å². The molecule has 3 aromatic carbocycles. The summed E-state index contributed by atoms with van der Waals surface area (Å²) in [4.78, 5) is 27.8. The van der Waals surface area contributed by atoms with Crippen LogP contribution < -0.4 is 10.1 Å². The zero-order chi connectivity index (χ0) is 22.9. The minimum Gasteiger partial charge on any atom is -0.483 e. The first kappa shape index (κ1) is 23.3. The summed E-state index contributed by atoms with van der Waals surface area (Å²) in [7, 11) is 0. The summed E-state index contributed by atoms with van der Waals surface area (Å²) in [6.07, 6.45) is 1.37. The number of benzene rings is 3. The molecule has 0 aliphatic rings. The Labute approximate surface area is 190 Å². The first-order valence-electron chi connectivity index (χ1n) is 11.3. The number of fused-ring (bicyclic) bond motifs is 1.